The Morgan fingerprint density at radius 2 is 2.00 bits per heavy atom. The van der Waals surface area contributed by atoms with Gasteiger partial charge in [-0.05, 0) is 36.9 Å². The molecular formula is C17H26N4O2S. The Morgan fingerprint density at radius 3 is 2.67 bits per heavy atom. The Morgan fingerprint density at radius 1 is 1.21 bits per heavy atom. The van der Waals surface area contributed by atoms with Crippen LogP contribution in [0.1, 0.15) is 19.8 Å². The molecular weight excluding hydrogens is 324 g/mol. The van der Waals surface area contributed by atoms with Crippen molar-refractivity contribution in [2.75, 3.05) is 51.1 Å². The van der Waals surface area contributed by atoms with Gasteiger partial charge in [-0.1, -0.05) is 6.92 Å². The van der Waals surface area contributed by atoms with E-state index in [1.54, 1.807) is 4.90 Å². The summed E-state index contributed by atoms with van der Waals surface area (Å²) < 4.78 is 0. The van der Waals surface area contributed by atoms with Crippen LogP contribution in [0.15, 0.2) is 17.5 Å². The normalized spacial score (nSPS) is 22.5. The number of hydrogen-bond donors (Lipinski definition) is 1. The lowest BCUT2D eigenvalue weighted by Crippen LogP contribution is -2.53. The molecule has 6 nitrogen and oxygen atoms in total. The van der Waals surface area contributed by atoms with Gasteiger partial charge in [-0.2, -0.15) is 0 Å². The number of piperazine rings is 1. The van der Waals surface area contributed by atoms with Crippen LogP contribution in [0, 0.1) is 5.92 Å². The first kappa shape index (κ1) is 17.2. The first-order chi connectivity index (χ1) is 11.7. The third kappa shape index (κ3) is 4.08. The summed E-state index contributed by atoms with van der Waals surface area (Å²) in [5, 5.41) is 5.71. The van der Waals surface area contributed by atoms with E-state index in [1.807, 2.05) is 22.4 Å². The maximum atomic E-state index is 12.8. The quantitative estimate of drug-likeness (QED) is 0.909. The molecule has 2 fully saturated rings. The summed E-state index contributed by atoms with van der Waals surface area (Å²) in [5.74, 6) is 0.167. The van der Waals surface area contributed by atoms with Crippen LogP contribution in [0.25, 0.3) is 0 Å². The van der Waals surface area contributed by atoms with E-state index in [2.05, 4.69) is 17.1 Å². The van der Waals surface area contributed by atoms with Crippen molar-refractivity contribution in [1.82, 2.24) is 14.7 Å². The second-order valence-electron chi connectivity index (χ2n) is 6.45. The molecule has 3 rings (SSSR count). The van der Waals surface area contributed by atoms with Crippen molar-refractivity contribution in [1.29, 1.82) is 0 Å². The average Bonchev–Trinajstić information content (AvgIpc) is 3.14. The molecule has 2 aliphatic heterocycles. The number of hydrogen-bond acceptors (Lipinski definition) is 4. The van der Waals surface area contributed by atoms with Crippen molar-refractivity contribution in [3.8, 4) is 0 Å². The highest BCUT2D eigenvalue weighted by molar-refractivity contribution is 7.14. The Hall–Kier alpha value is -1.60. The first-order valence-corrected chi connectivity index (χ1v) is 9.66. The molecule has 2 aliphatic rings. The summed E-state index contributed by atoms with van der Waals surface area (Å²) in [6.07, 6.45) is 1.78. The molecule has 1 aromatic rings. The highest BCUT2D eigenvalue weighted by Crippen LogP contribution is 2.22. The number of amides is 3. The van der Waals surface area contributed by atoms with E-state index in [4.69, 9.17) is 0 Å². The molecule has 1 unspecified atom stereocenters. The summed E-state index contributed by atoms with van der Waals surface area (Å²) in [7, 11) is 0. The molecule has 0 spiro atoms. The van der Waals surface area contributed by atoms with Crippen molar-refractivity contribution >= 4 is 28.3 Å². The smallest absolute Gasteiger partial charge is 0.322 e. The number of thiophene rings is 1. The molecule has 0 aliphatic carbocycles. The summed E-state index contributed by atoms with van der Waals surface area (Å²) in [6.45, 7) is 7.99. The molecule has 1 aromatic heterocycles. The van der Waals surface area contributed by atoms with E-state index in [0.29, 0.717) is 6.54 Å². The second kappa shape index (κ2) is 7.98. The van der Waals surface area contributed by atoms with Crippen LogP contribution in [0.2, 0.25) is 0 Å². The molecule has 2 saturated heterocycles. The summed E-state index contributed by atoms with van der Waals surface area (Å²) in [4.78, 5) is 31.3. The van der Waals surface area contributed by atoms with E-state index in [0.717, 1.165) is 57.1 Å². The van der Waals surface area contributed by atoms with Crippen molar-refractivity contribution < 1.29 is 9.59 Å². The van der Waals surface area contributed by atoms with Crippen LogP contribution >= 0.6 is 11.3 Å². The van der Waals surface area contributed by atoms with Crippen LogP contribution in [0.3, 0.4) is 0 Å². The van der Waals surface area contributed by atoms with Gasteiger partial charge in [-0.3, -0.25) is 10.1 Å². The molecule has 1 N–H and O–H groups in total. The van der Waals surface area contributed by atoms with Gasteiger partial charge in [0.05, 0.1) is 10.9 Å². The van der Waals surface area contributed by atoms with Gasteiger partial charge in [0, 0.05) is 39.3 Å². The number of rotatable bonds is 3. The predicted molar refractivity (Wildman–Crippen MR) is 96.3 cm³/mol. The van der Waals surface area contributed by atoms with Crippen molar-refractivity contribution in [3.63, 3.8) is 0 Å². The van der Waals surface area contributed by atoms with E-state index in [-0.39, 0.29) is 17.9 Å². The van der Waals surface area contributed by atoms with Gasteiger partial charge >= 0.3 is 6.03 Å². The molecule has 0 bridgehead atoms. The van der Waals surface area contributed by atoms with Crippen LogP contribution < -0.4 is 5.32 Å². The molecule has 24 heavy (non-hydrogen) atoms. The van der Waals surface area contributed by atoms with E-state index in [1.165, 1.54) is 11.3 Å². The minimum Gasteiger partial charge on any atom is -0.340 e. The fourth-order valence-corrected chi connectivity index (χ4v) is 4.05. The number of likely N-dealkylation sites (N-methyl/N-ethyl adjacent to an activating group) is 1. The van der Waals surface area contributed by atoms with Gasteiger partial charge in [0.15, 0.2) is 0 Å². The summed E-state index contributed by atoms with van der Waals surface area (Å²) in [5.41, 5.74) is 0. The van der Waals surface area contributed by atoms with Gasteiger partial charge < -0.3 is 14.7 Å². The number of carbonyl (C=O) groups is 2. The lowest BCUT2D eigenvalue weighted by atomic mass is 9.96. The predicted octanol–water partition coefficient (Wildman–Crippen LogP) is 2.16. The van der Waals surface area contributed by atoms with Crippen LogP contribution in [-0.2, 0) is 4.79 Å². The third-order valence-electron chi connectivity index (χ3n) is 4.94. The molecule has 132 valence electrons. The summed E-state index contributed by atoms with van der Waals surface area (Å²) >= 11 is 1.51. The Balaban J connectivity index is 1.53. The SMILES string of the molecule is CCN1CCN(C(=O)C2CCCN(C(=O)Nc3cccs3)C2)CC1. The van der Waals surface area contributed by atoms with Crippen LogP contribution in [0.4, 0.5) is 9.80 Å². The first-order valence-electron chi connectivity index (χ1n) is 8.78. The van der Waals surface area contributed by atoms with E-state index in [9.17, 15) is 9.59 Å². The molecule has 0 saturated carbocycles. The zero-order valence-electron chi connectivity index (χ0n) is 14.2. The highest BCUT2D eigenvalue weighted by atomic mass is 32.1. The van der Waals surface area contributed by atoms with Gasteiger partial charge in [0.25, 0.3) is 0 Å². The van der Waals surface area contributed by atoms with Gasteiger partial charge in [-0.25, -0.2) is 4.79 Å². The topological polar surface area (TPSA) is 55.9 Å². The maximum Gasteiger partial charge on any atom is 0.322 e. The fourth-order valence-electron chi connectivity index (χ4n) is 3.44. The number of nitrogens with zero attached hydrogens (tertiary/aromatic N) is 3. The molecule has 3 heterocycles. The largest absolute Gasteiger partial charge is 0.340 e. The number of anilines is 1. The van der Waals surface area contributed by atoms with Crippen molar-refractivity contribution in [2.24, 2.45) is 5.92 Å². The molecule has 0 radical (unpaired) electrons. The third-order valence-corrected chi connectivity index (χ3v) is 5.73. The molecule has 3 amide bonds. The van der Waals surface area contributed by atoms with Gasteiger partial charge in [-0.15, -0.1) is 11.3 Å². The standard InChI is InChI=1S/C17H26N4O2S/c1-2-19-8-10-20(11-9-19)16(22)14-5-3-7-21(13-14)17(23)18-15-6-4-12-24-15/h4,6,12,14H,2-3,5,7-11,13H2,1H3,(H,18,23). The van der Waals surface area contributed by atoms with Crippen molar-refractivity contribution in [3.05, 3.63) is 17.5 Å². The number of likely N-dealkylation sites (tertiary alicyclic amines) is 1. The number of nitrogens with one attached hydrogen (secondary N) is 1. The van der Waals surface area contributed by atoms with Crippen molar-refractivity contribution in [2.45, 2.75) is 19.8 Å². The van der Waals surface area contributed by atoms with Crippen LogP contribution in [0.5, 0.6) is 0 Å². The van der Waals surface area contributed by atoms with E-state index < -0.39 is 0 Å². The highest BCUT2D eigenvalue weighted by Gasteiger charge is 2.32. The lowest BCUT2D eigenvalue weighted by Gasteiger charge is -2.38. The maximum absolute atomic E-state index is 12.8. The molecule has 0 aromatic carbocycles. The fraction of sp³-hybridized carbons (Fsp3) is 0.647. The minimum absolute atomic E-state index is 0.0546. The Labute approximate surface area is 147 Å². The molecule has 1 atom stereocenters. The van der Waals surface area contributed by atoms with Gasteiger partial charge in [0.1, 0.15) is 0 Å². The Bertz CT molecular complexity index is 555. The van der Waals surface area contributed by atoms with Gasteiger partial charge in [0.2, 0.25) is 5.91 Å². The zero-order valence-corrected chi connectivity index (χ0v) is 15.1. The summed E-state index contributed by atoms with van der Waals surface area (Å²) in [6, 6.07) is 3.71. The average molecular weight is 350 g/mol. The Kier molecular flexibility index (Phi) is 5.73. The van der Waals surface area contributed by atoms with E-state index >= 15 is 0 Å². The van der Waals surface area contributed by atoms with Crippen LogP contribution in [-0.4, -0.2) is 72.5 Å². The number of carbonyl (C=O) groups excluding carboxylic acids is 2. The monoisotopic (exact) mass is 350 g/mol. The second-order valence-corrected chi connectivity index (χ2v) is 7.40. The minimum atomic E-state index is -0.0919. The number of urea groups is 1. The molecule has 7 heteroatoms. The zero-order chi connectivity index (χ0) is 16.9. The number of piperidine rings is 1. The lowest BCUT2D eigenvalue weighted by molar-refractivity contribution is -0.138.